The van der Waals surface area contributed by atoms with Gasteiger partial charge in [-0.1, -0.05) is 62.4 Å². The topological polar surface area (TPSA) is 64.9 Å². The highest BCUT2D eigenvalue weighted by Gasteiger charge is 2.52. The molecular formula is C18H19N3O2. The second-order valence-corrected chi connectivity index (χ2v) is 5.79. The van der Waals surface area contributed by atoms with Gasteiger partial charge in [0, 0.05) is 17.2 Å². The molecule has 0 saturated heterocycles. The van der Waals surface area contributed by atoms with Gasteiger partial charge in [-0.2, -0.15) is 5.10 Å². The monoisotopic (exact) mass is 309 g/mol. The minimum absolute atomic E-state index is 0.0765. The van der Waals surface area contributed by atoms with Gasteiger partial charge >= 0.3 is 5.97 Å². The molecule has 2 aromatic carbocycles. The largest absolute Gasteiger partial charge is 0.478 e. The molecule has 0 bridgehead atoms. The standard InChI is InChI=1S/C18H19N3O2/c1-13(2)16-19-20-18(17(22)23,14-9-5-3-6-10-14)21(16)15-11-7-4-8-12-15/h3-13,20H,1-2H3,(H,22,23). The van der Waals surface area contributed by atoms with E-state index in [1.807, 2.05) is 62.4 Å². The number of rotatable bonds is 4. The van der Waals surface area contributed by atoms with E-state index in [9.17, 15) is 9.90 Å². The van der Waals surface area contributed by atoms with Gasteiger partial charge in [-0.05, 0) is 12.1 Å². The van der Waals surface area contributed by atoms with E-state index in [-0.39, 0.29) is 5.92 Å². The number of anilines is 1. The lowest BCUT2D eigenvalue weighted by Gasteiger charge is -2.37. The number of hydrazone groups is 1. The summed E-state index contributed by atoms with van der Waals surface area (Å²) in [7, 11) is 0. The molecule has 0 radical (unpaired) electrons. The summed E-state index contributed by atoms with van der Waals surface area (Å²) in [5, 5.41) is 14.4. The van der Waals surface area contributed by atoms with Crippen LogP contribution in [0.4, 0.5) is 5.69 Å². The smallest absolute Gasteiger partial charge is 0.357 e. The summed E-state index contributed by atoms with van der Waals surface area (Å²) in [6.45, 7) is 4.00. The van der Waals surface area contributed by atoms with Gasteiger partial charge in [-0.3, -0.25) is 10.3 Å². The van der Waals surface area contributed by atoms with E-state index < -0.39 is 11.6 Å². The Bertz CT molecular complexity index is 728. The molecule has 0 aromatic heterocycles. The first kappa shape index (κ1) is 15.1. The molecule has 3 rings (SSSR count). The number of carboxylic acids is 1. The molecule has 0 aliphatic carbocycles. The lowest BCUT2D eigenvalue weighted by Crippen LogP contribution is -2.58. The van der Waals surface area contributed by atoms with Crippen molar-refractivity contribution < 1.29 is 9.90 Å². The third-order valence-electron chi connectivity index (χ3n) is 3.93. The molecule has 118 valence electrons. The van der Waals surface area contributed by atoms with Crippen molar-refractivity contribution in [2.75, 3.05) is 4.90 Å². The highest BCUT2D eigenvalue weighted by molar-refractivity contribution is 6.07. The number of amidine groups is 1. The number of nitrogens with one attached hydrogen (secondary N) is 1. The maximum Gasteiger partial charge on any atom is 0.357 e. The molecule has 0 spiro atoms. The zero-order valence-corrected chi connectivity index (χ0v) is 13.1. The highest BCUT2D eigenvalue weighted by atomic mass is 16.4. The summed E-state index contributed by atoms with van der Waals surface area (Å²) in [5.74, 6) is -0.220. The average Bonchev–Trinajstić information content (AvgIpc) is 2.98. The fraction of sp³-hybridized carbons (Fsp3) is 0.222. The SMILES string of the molecule is CC(C)C1=NNC(C(=O)O)(c2ccccc2)N1c1ccccc1. The van der Waals surface area contributed by atoms with E-state index in [0.29, 0.717) is 11.4 Å². The number of para-hydroxylation sites is 1. The minimum atomic E-state index is -1.44. The van der Waals surface area contributed by atoms with E-state index in [1.165, 1.54) is 0 Å². The zero-order valence-electron chi connectivity index (χ0n) is 13.1. The molecular weight excluding hydrogens is 290 g/mol. The van der Waals surface area contributed by atoms with Crippen molar-refractivity contribution in [1.82, 2.24) is 5.43 Å². The maximum atomic E-state index is 12.3. The molecule has 2 N–H and O–H groups in total. The second-order valence-electron chi connectivity index (χ2n) is 5.79. The van der Waals surface area contributed by atoms with Crippen molar-refractivity contribution in [2.24, 2.45) is 11.0 Å². The predicted molar refractivity (Wildman–Crippen MR) is 90.1 cm³/mol. The molecule has 5 heteroatoms. The van der Waals surface area contributed by atoms with Gasteiger partial charge in [0.05, 0.1) is 0 Å². The Morgan fingerprint density at radius 3 is 2.17 bits per heavy atom. The first-order chi connectivity index (χ1) is 11.1. The van der Waals surface area contributed by atoms with Crippen LogP contribution in [0.1, 0.15) is 19.4 Å². The molecule has 23 heavy (non-hydrogen) atoms. The van der Waals surface area contributed by atoms with Crippen LogP contribution in [0.2, 0.25) is 0 Å². The zero-order chi connectivity index (χ0) is 16.4. The average molecular weight is 309 g/mol. The van der Waals surface area contributed by atoms with Crippen LogP contribution >= 0.6 is 0 Å². The van der Waals surface area contributed by atoms with Crippen LogP contribution in [0.5, 0.6) is 0 Å². The van der Waals surface area contributed by atoms with E-state index in [4.69, 9.17) is 0 Å². The fourth-order valence-electron chi connectivity index (χ4n) is 2.84. The molecule has 1 aliphatic rings. The fourth-order valence-corrected chi connectivity index (χ4v) is 2.84. The van der Waals surface area contributed by atoms with Crippen LogP contribution in [0.25, 0.3) is 0 Å². The number of hydrogen-bond acceptors (Lipinski definition) is 4. The summed E-state index contributed by atoms with van der Waals surface area (Å²) in [5.41, 5.74) is 2.86. The number of carboxylic acid groups (broad SMARTS) is 1. The van der Waals surface area contributed by atoms with Crippen molar-refractivity contribution in [3.05, 3.63) is 66.2 Å². The van der Waals surface area contributed by atoms with Crippen molar-refractivity contribution in [1.29, 1.82) is 0 Å². The predicted octanol–water partition coefficient (Wildman–Crippen LogP) is 3.00. The van der Waals surface area contributed by atoms with Crippen LogP contribution in [-0.4, -0.2) is 16.9 Å². The molecule has 1 atom stereocenters. The van der Waals surface area contributed by atoms with Gasteiger partial charge < -0.3 is 5.11 Å². The van der Waals surface area contributed by atoms with Crippen LogP contribution < -0.4 is 10.3 Å². The van der Waals surface area contributed by atoms with E-state index in [2.05, 4.69) is 10.5 Å². The molecule has 1 unspecified atom stereocenters. The first-order valence-electron chi connectivity index (χ1n) is 7.56. The van der Waals surface area contributed by atoms with Gasteiger partial charge in [0.1, 0.15) is 5.84 Å². The van der Waals surface area contributed by atoms with Crippen LogP contribution in [0.15, 0.2) is 65.8 Å². The normalized spacial score (nSPS) is 20.3. The number of nitrogens with zero attached hydrogens (tertiary/aromatic N) is 2. The van der Waals surface area contributed by atoms with Crippen molar-refractivity contribution >= 4 is 17.5 Å². The summed E-state index contributed by atoms with van der Waals surface area (Å²) in [4.78, 5) is 14.1. The third-order valence-corrected chi connectivity index (χ3v) is 3.93. The summed E-state index contributed by atoms with van der Waals surface area (Å²) >= 11 is 0. The van der Waals surface area contributed by atoms with Crippen LogP contribution in [0, 0.1) is 5.92 Å². The molecule has 0 fully saturated rings. The Hall–Kier alpha value is -2.82. The van der Waals surface area contributed by atoms with Gasteiger partial charge in [-0.25, -0.2) is 4.79 Å². The first-order valence-corrected chi connectivity index (χ1v) is 7.56. The summed E-state index contributed by atoms with van der Waals surface area (Å²) in [6.07, 6.45) is 0. The second kappa shape index (κ2) is 5.76. The number of aliphatic carboxylic acids is 1. The van der Waals surface area contributed by atoms with Crippen molar-refractivity contribution in [3.8, 4) is 0 Å². The van der Waals surface area contributed by atoms with Crippen LogP contribution in [0.3, 0.4) is 0 Å². The maximum absolute atomic E-state index is 12.3. The third kappa shape index (κ3) is 2.34. The Morgan fingerprint density at radius 2 is 1.65 bits per heavy atom. The molecule has 1 heterocycles. The Balaban J connectivity index is 2.21. The molecule has 5 nitrogen and oxygen atoms in total. The minimum Gasteiger partial charge on any atom is -0.478 e. The molecule has 0 amide bonds. The van der Waals surface area contributed by atoms with Crippen LogP contribution in [-0.2, 0) is 10.5 Å². The quantitative estimate of drug-likeness (QED) is 0.911. The lowest BCUT2D eigenvalue weighted by atomic mass is 9.96. The van der Waals surface area contributed by atoms with E-state index >= 15 is 0 Å². The van der Waals surface area contributed by atoms with Gasteiger partial charge in [0.15, 0.2) is 0 Å². The van der Waals surface area contributed by atoms with E-state index in [0.717, 1.165) is 5.69 Å². The van der Waals surface area contributed by atoms with Gasteiger partial charge in [0.25, 0.3) is 5.66 Å². The highest BCUT2D eigenvalue weighted by Crippen LogP contribution is 2.36. The van der Waals surface area contributed by atoms with Crippen molar-refractivity contribution in [3.63, 3.8) is 0 Å². The Kier molecular flexibility index (Phi) is 3.78. The number of hydrogen-bond donors (Lipinski definition) is 2. The Morgan fingerprint density at radius 1 is 1.09 bits per heavy atom. The Labute approximate surface area is 135 Å². The van der Waals surface area contributed by atoms with Gasteiger partial charge in [0.2, 0.25) is 0 Å². The number of benzene rings is 2. The van der Waals surface area contributed by atoms with Gasteiger partial charge in [-0.15, -0.1) is 0 Å². The molecule has 1 aliphatic heterocycles. The molecule has 2 aromatic rings. The molecule has 0 saturated carbocycles. The summed E-state index contributed by atoms with van der Waals surface area (Å²) < 4.78 is 0. The lowest BCUT2D eigenvalue weighted by molar-refractivity contribution is -0.144. The summed E-state index contributed by atoms with van der Waals surface area (Å²) in [6, 6.07) is 18.6. The van der Waals surface area contributed by atoms with E-state index in [1.54, 1.807) is 17.0 Å². The van der Waals surface area contributed by atoms with Crippen molar-refractivity contribution in [2.45, 2.75) is 19.5 Å². The number of carbonyl (C=O) groups is 1.